The number of thioether (sulfide) groups is 1. The van der Waals surface area contributed by atoms with E-state index in [2.05, 4.69) is 5.32 Å². The highest BCUT2D eigenvalue weighted by molar-refractivity contribution is 8.00. The third kappa shape index (κ3) is 6.59. The summed E-state index contributed by atoms with van der Waals surface area (Å²) in [5.74, 6) is -0.0464. The van der Waals surface area contributed by atoms with Crippen molar-refractivity contribution in [3.63, 3.8) is 0 Å². The molecule has 1 unspecified atom stereocenters. The van der Waals surface area contributed by atoms with Crippen molar-refractivity contribution in [2.75, 3.05) is 19.8 Å². The van der Waals surface area contributed by atoms with Crippen molar-refractivity contribution in [1.82, 2.24) is 5.32 Å². The number of carbonyl (C=O) groups is 1. The summed E-state index contributed by atoms with van der Waals surface area (Å²) in [6.45, 7) is 5.65. The quantitative estimate of drug-likeness (QED) is 0.328. The van der Waals surface area contributed by atoms with E-state index in [9.17, 15) is 14.9 Å². The summed E-state index contributed by atoms with van der Waals surface area (Å²) in [6.07, 6.45) is 0.786. The van der Waals surface area contributed by atoms with Crippen molar-refractivity contribution in [1.29, 1.82) is 0 Å². The second kappa shape index (κ2) is 9.36. The lowest BCUT2D eigenvalue weighted by atomic mass is 10.3. The van der Waals surface area contributed by atoms with Crippen LogP contribution in [0.4, 0.5) is 5.69 Å². The Labute approximate surface area is 128 Å². The second-order valence-electron chi connectivity index (χ2n) is 4.35. The van der Waals surface area contributed by atoms with Gasteiger partial charge in [0.15, 0.2) is 0 Å². The lowest BCUT2D eigenvalue weighted by molar-refractivity contribution is -0.384. The van der Waals surface area contributed by atoms with E-state index in [-0.39, 0.29) is 16.8 Å². The number of ether oxygens (including phenoxy) is 1. The van der Waals surface area contributed by atoms with E-state index in [4.69, 9.17) is 4.74 Å². The maximum absolute atomic E-state index is 11.9. The van der Waals surface area contributed by atoms with Gasteiger partial charge >= 0.3 is 0 Å². The van der Waals surface area contributed by atoms with Gasteiger partial charge in [0.05, 0.1) is 10.2 Å². The number of carbonyl (C=O) groups excluding carboxylic acids is 1. The topological polar surface area (TPSA) is 81.5 Å². The van der Waals surface area contributed by atoms with Crippen molar-refractivity contribution in [3.8, 4) is 0 Å². The van der Waals surface area contributed by atoms with Crippen LogP contribution in [-0.2, 0) is 9.53 Å². The number of amides is 1. The minimum absolute atomic E-state index is 0.0464. The number of nitro benzene ring substituents is 1. The number of hydrogen-bond acceptors (Lipinski definition) is 5. The largest absolute Gasteiger partial charge is 0.382 e. The molecule has 0 saturated heterocycles. The molecule has 1 aromatic carbocycles. The summed E-state index contributed by atoms with van der Waals surface area (Å²) in [6, 6.07) is 6.19. The van der Waals surface area contributed by atoms with E-state index < -0.39 is 4.92 Å². The summed E-state index contributed by atoms with van der Waals surface area (Å²) in [4.78, 5) is 22.8. The molecule has 7 heteroatoms. The van der Waals surface area contributed by atoms with E-state index in [0.29, 0.717) is 19.8 Å². The van der Waals surface area contributed by atoms with Crippen LogP contribution >= 0.6 is 11.8 Å². The Morgan fingerprint density at radius 2 is 2.10 bits per heavy atom. The third-order valence-electron chi connectivity index (χ3n) is 2.70. The Morgan fingerprint density at radius 3 is 2.67 bits per heavy atom. The van der Waals surface area contributed by atoms with Gasteiger partial charge in [-0.2, -0.15) is 0 Å². The molecular weight excluding hydrogens is 292 g/mol. The standard InChI is InChI=1S/C14H20N2O4S/c1-3-20-10-4-9-15-14(17)11(2)21-13-7-5-12(6-8-13)16(18)19/h5-8,11H,3-4,9-10H2,1-2H3,(H,15,17). The van der Waals surface area contributed by atoms with Crippen LogP contribution in [0, 0.1) is 10.1 Å². The molecule has 0 bridgehead atoms. The maximum atomic E-state index is 11.9. The number of benzene rings is 1. The van der Waals surface area contributed by atoms with Gasteiger partial charge in [-0.05, 0) is 32.4 Å². The first kappa shape index (κ1) is 17.5. The molecule has 0 aliphatic heterocycles. The number of nitrogens with zero attached hydrogens (tertiary/aromatic N) is 1. The van der Waals surface area contributed by atoms with E-state index in [1.807, 2.05) is 13.8 Å². The summed E-state index contributed by atoms with van der Waals surface area (Å²) in [5, 5.41) is 13.2. The molecule has 0 fully saturated rings. The smallest absolute Gasteiger partial charge is 0.269 e. The van der Waals surface area contributed by atoms with Gasteiger partial charge < -0.3 is 10.1 Å². The molecule has 0 aromatic heterocycles. The van der Waals surface area contributed by atoms with Gasteiger partial charge in [-0.1, -0.05) is 0 Å². The SMILES string of the molecule is CCOCCCNC(=O)C(C)Sc1ccc([N+](=O)[O-])cc1. The minimum atomic E-state index is -0.442. The molecule has 0 aliphatic rings. The third-order valence-corrected chi connectivity index (χ3v) is 3.81. The average Bonchev–Trinajstić information content (AvgIpc) is 2.47. The number of rotatable bonds is 9. The predicted molar refractivity (Wildman–Crippen MR) is 82.5 cm³/mol. The van der Waals surface area contributed by atoms with Crippen molar-refractivity contribution in [2.45, 2.75) is 30.4 Å². The predicted octanol–water partition coefficient (Wildman–Crippen LogP) is 2.62. The molecule has 1 N–H and O–H groups in total. The van der Waals surface area contributed by atoms with Gasteiger partial charge in [-0.15, -0.1) is 11.8 Å². The molecule has 0 heterocycles. The van der Waals surface area contributed by atoms with E-state index in [1.165, 1.54) is 23.9 Å². The Kier molecular flexibility index (Phi) is 7.78. The molecule has 1 rings (SSSR count). The number of nitrogens with one attached hydrogen (secondary N) is 1. The zero-order valence-corrected chi connectivity index (χ0v) is 13.0. The van der Waals surface area contributed by atoms with Crippen LogP contribution < -0.4 is 5.32 Å². The van der Waals surface area contributed by atoms with Crippen LogP contribution in [0.1, 0.15) is 20.3 Å². The van der Waals surface area contributed by atoms with Crippen LogP contribution in [0.3, 0.4) is 0 Å². The minimum Gasteiger partial charge on any atom is -0.382 e. The Balaban J connectivity index is 2.36. The van der Waals surface area contributed by atoms with Gasteiger partial charge in [0.2, 0.25) is 5.91 Å². The molecule has 1 atom stereocenters. The van der Waals surface area contributed by atoms with Gasteiger partial charge in [0.25, 0.3) is 5.69 Å². The Morgan fingerprint density at radius 1 is 1.43 bits per heavy atom. The van der Waals surface area contributed by atoms with Crippen molar-refractivity contribution >= 4 is 23.4 Å². The summed E-state index contributed by atoms with van der Waals surface area (Å²) in [5.41, 5.74) is 0.0485. The van der Waals surface area contributed by atoms with Crippen LogP contribution in [-0.4, -0.2) is 35.8 Å². The Hall–Kier alpha value is -1.60. The maximum Gasteiger partial charge on any atom is 0.269 e. The van der Waals surface area contributed by atoms with Crippen molar-refractivity contribution in [3.05, 3.63) is 34.4 Å². The van der Waals surface area contributed by atoms with Crippen LogP contribution in [0.5, 0.6) is 0 Å². The number of non-ortho nitro benzene ring substituents is 1. The molecule has 0 saturated carbocycles. The normalized spacial score (nSPS) is 11.9. The van der Waals surface area contributed by atoms with Gasteiger partial charge in [0, 0.05) is 36.8 Å². The zero-order chi connectivity index (χ0) is 15.7. The molecule has 0 radical (unpaired) electrons. The molecular formula is C14H20N2O4S. The van der Waals surface area contributed by atoms with Crippen LogP contribution in [0.25, 0.3) is 0 Å². The highest BCUT2D eigenvalue weighted by Crippen LogP contribution is 2.25. The van der Waals surface area contributed by atoms with E-state index in [1.54, 1.807) is 12.1 Å². The first-order chi connectivity index (χ1) is 10.0. The molecule has 6 nitrogen and oxygen atoms in total. The molecule has 1 amide bonds. The lowest BCUT2D eigenvalue weighted by Gasteiger charge is -2.11. The molecule has 116 valence electrons. The first-order valence-corrected chi connectivity index (χ1v) is 7.69. The van der Waals surface area contributed by atoms with Gasteiger partial charge in [0.1, 0.15) is 0 Å². The summed E-state index contributed by atoms with van der Waals surface area (Å²) < 4.78 is 5.19. The lowest BCUT2D eigenvalue weighted by Crippen LogP contribution is -2.32. The van der Waals surface area contributed by atoms with E-state index >= 15 is 0 Å². The van der Waals surface area contributed by atoms with E-state index in [0.717, 1.165) is 11.3 Å². The number of hydrogen-bond donors (Lipinski definition) is 1. The molecule has 0 spiro atoms. The fraction of sp³-hybridized carbons (Fsp3) is 0.500. The van der Waals surface area contributed by atoms with Gasteiger partial charge in [-0.25, -0.2) is 0 Å². The molecule has 0 aliphatic carbocycles. The highest BCUT2D eigenvalue weighted by Gasteiger charge is 2.14. The van der Waals surface area contributed by atoms with Crippen LogP contribution in [0.2, 0.25) is 0 Å². The summed E-state index contributed by atoms with van der Waals surface area (Å²) >= 11 is 1.37. The van der Waals surface area contributed by atoms with Crippen LogP contribution in [0.15, 0.2) is 29.2 Å². The fourth-order valence-electron chi connectivity index (χ4n) is 1.58. The molecule has 21 heavy (non-hydrogen) atoms. The second-order valence-corrected chi connectivity index (χ2v) is 5.77. The Bertz CT molecular complexity index is 465. The van der Waals surface area contributed by atoms with Crippen molar-refractivity contribution < 1.29 is 14.5 Å². The zero-order valence-electron chi connectivity index (χ0n) is 12.2. The fourth-order valence-corrected chi connectivity index (χ4v) is 2.47. The van der Waals surface area contributed by atoms with Gasteiger partial charge in [-0.3, -0.25) is 14.9 Å². The van der Waals surface area contributed by atoms with Crippen molar-refractivity contribution in [2.24, 2.45) is 0 Å². The first-order valence-electron chi connectivity index (χ1n) is 6.81. The monoisotopic (exact) mass is 312 g/mol. The highest BCUT2D eigenvalue weighted by atomic mass is 32.2. The number of nitro groups is 1. The molecule has 1 aromatic rings. The summed E-state index contributed by atoms with van der Waals surface area (Å²) in [7, 11) is 0. The average molecular weight is 312 g/mol.